The zero-order chi connectivity index (χ0) is 16.2. The first-order chi connectivity index (χ1) is 11.1. The minimum Gasteiger partial charge on any atom is -0.370 e. The summed E-state index contributed by atoms with van der Waals surface area (Å²) in [7, 11) is 0. The molecule has 0 aliphatic heterocycles. The molecular weight excluding hydrogens is 327 g/mol. The van der Waals surface area contributed by atoms with Crippen molar-refractivity contribution in [2.24, 2.45) is 16.5 Å². The number of benzene rings is 2. The van der Waals surface area contributed by atoms with Gasteiger partial charge in [0.05, 0.1) is 0 Å². The molecule has 0 radical (unpaired) electrons. The maximum Gasteiger partial charge on any atom is 0.185 e. The van der Waals surface area contributed by atoms with Crippen molar-refractivity contribution in [1.29, 1.82) is 0 Å². The second-order valence-electron chi connectivity index (χ2n) is 5.48. The lowest BCUT2D eigenvalue weighted by atomic mass is 10.1. The molecule has 0 spiro atoms. The van der Waals surface area contributed by atoms with E-state index in [-0.39, 0.29) is 24.2 Å². The Hall–Kier alpha value is -2.53. The summed E-state index contributed by atoms with van der Waals surface area (Å²) in [5.41, 5.74) is 14.2. The average Bonchev–Trinajstić information content (AvgIpc) is 2.88. The summed E-state index contributed by atoms with van der Waals surface area (Å²) < 4.78 is 15.2. The predicted octanol–water partition coefficient (Wildman–Crippen LogP) is 3.07. The summed E-state index contributed by atoms with van der Waals surface area (Å²) in [5, 5.41) is 1.19. The number of para-hydroxylation sites is 1. The molecule has 2 aromatic carbocycles. The smallest absolute Gasteiger partial charge is 0.185 e. The lowest BCUT2D eigenvalue weighted by molar-refractivity contribution is 0.626. The molecule has 3 rings (SSSR count). The van der Waals surface area contributed by atoms with E-state index in [1.165, 1.54) is 23.1 Å². The van der Waals surface area contributed by atoms with E-state index in [4.69, 9.17) is 11.5 Å². The topological polar surface area (TPSA) is 69.3 Å². The summed E-state index contributed by atoms with van der Waals surface area (Å²) in [6.07, 6.45) is 2.89. The van der Waals surface area contributed by atoms with Crippen LogP contribution in [-0.4, -0.2) is 17.1 Å². The number of aliphatic imine (C=N–C) groups is 1. The molecule has 6 heteroatoms. The maximum atomic E-state index is 13.0. The van der Waals surface area contributed by atoms with Crippen LogP contribution in [-0.2, 0) is 13.0 Å². The normalized spacial score (nSPS) is 10.4. The van der Waals surface area contributed by atoms with Crippen LogP contribution in [0, 0.1) is 5.82 Å². The van der Waals surface area contributed by atoms with Crippen LogP contribution in [0.25, 0.3) is 10.9 Å². The molecule has 4 N–H and O–H groups in total. The SMILES string of the molecule is Cl.NC(N)=NCCc1cn(Cc2ccc(F)cc2)c2ccccc12. The molecule has 24 heavy (non-hydrogen) atoms. The Kier molecular flexibility index (Phi) is 5.82. The van der Waals surface area contributed by atoms with E-state index in [0.717, 1.165) is 17.5 Å². The van der Waals surface area contributed by atoms with Crippen molar-refractivity contribution in [3.8, 4) is 0 Å². The number of nitrogens with two attached hydrogens (primary N) is 2. The lowest BCUT2D eigenvalue weighted by Gasteiger charge is -2.05. The van der Waals surface area contributed by atoms with Gasteiger partial charge in [0, 0.05) is 30.2 Å². The van der Waals surface area contributed by atoms with Crippen molar-refractivity contribution in [2.45, 2.75) is 13.0 Å². The first-order valence-corrected chi connectivity index (χ1v) is 7.50. The first-order valence-electron chi connectivity index (χ1n) is 7.50. The van der Waals surface area contributed by atoms with Gasteiger partial charge in [0.25, 0.3) is 0 Å². The molecule has 4 nitrogen and oxygen atoms in total. The Balaban J connectivity index is 0.00000208. The van der Waals surface area contributed by atoms with Crippen LogP contribution in [0.2, 0.25) is 0 Å². The van der Waals surface area contributed by atoms with Crippen molar-refractivity contribution < 1.29 is 4.39 Å². The summed E-state index contributed by atoms with van der Waals surface area (Å²) in [6.45, 7) is 1.26. The Morgan fingerprint density at radius 3 is 2.46 bits per heavy atom. The van der Waals surface area contributed by atoms with Gasteiger partial charge >= 0.3 is 0 Å². The molecule has 0 amide bonds. The summed E-state index contributed by atoms with van der Waals surface area (Å²) in [4.78, 5) is 4.05. The monoisotopic (exact) mass is 346 g/mol. The van der Waals surface area contributed by atoms with Crippen molar-refractivity contribution >= 4 is 29.3 Å². The van der Waals surface area contributed by atoms with Crippen molar-refractivity contribution in [3.05, 3.63) is 71.7 Å². The second kappa shape index (κ2) is 7.84. The number of nitrogens with zero attached hydrogens (tertiary/aromatic N) is 2. The Bertz CT molecular complexity index is 836. The van der Waals surface area contributed by atoms with Crippen LogP contribution in [0.3, 0.4) is 0 Å². The highest BCUT2D eigenvalue weighted by Gasteiger charge is 2.08. The summed E-state index contributed by atoms with van der Waals surface area (Å²) in [6, 6.07) is 14.8. The molecule has 0 atom stereocenters. The molecular formula is C18H20ClFN4. The Morgan fingerprint density at radius 1 is 1.04 bits per heavy atom. The fourth-order valence-electron chi connectivity index (χ4n) is 2.74. The standard InChI is InChI=1S/C18H19FN4.ClH/c19-15-7-5-13(6-8-15)11-23-12-14(9-10-22-18(20)21)16-3-1-2-4-17(16)23;/h1-8,12H,9-11H2,(H4,20,21,22);1H. The molecule has 0 saturated carbocycles. The van der Waals surface area contributed by atoms with Crippen LogP contribution < -0.4 is 11.5 Å². The minimum absolute atomic E-state index is 0. The molecule has 1 aromatic heterocycles. The fraction of sp³-hybridized carbons (Fsp3) is 0.167. The van der Waals surface area contributed by atoms with Crippen LogP contribution in [0.5, 0.6) is 0 Å². The predicted molar refractivity (Wildman–Crippen MR) is 99.1 cm³/mol. The number of hydrogen-bond acceptors (Lipinski definition) is 1. The largest absolute Gasteiger partial charge is 0.370 e. The van der Waals surface area contributed by atoms with E-state index in [1.54, 1.807) is 0 Å². The number of guanidine groups is 1. The second-order valence-corrected chi connectivity index (χ2v) is 5.48. The average molecular weight is 347 g/mol. The molecule has 0 saturated heterocycles. The van der Waals surface area contributed by atoms with E-state index >= 15 is 0 Å². The lowest BCUT2D eigenvalue weighted by Crippen LogP contribution is -2.23. The van der Waals surface area contributed by atoms with Gasteiger partial charge in [0.2, 0.25) is 0 Å². The van der Waals surface area contributed by atoms with E-state index in [1.807, 2.05) is 24.3 Å². The van der Waals surface area contributed by atoms with Gasteiger partial charge < -0.3 is 16.0 Å². The molecule has 126 valence electrons. The highest BCUT2D eigenvalue weighted by molar-refractivity contribution is 5.85. The van der Waals surface area contributed by atoms with Crippen LogP contribution >= 0.6 is 12.4 Å². The van der Waals surface area contributed by atoms with Gasteiger partial charge in [-0.3, -0.25) is 4.99 Å². The highest BCUT2D eigenvalue weighted by Crippen LogP contribution is 2.23. The summed E-state index contributed by atoms with van der Waals surface area (Å²) in [5.74, 6) is -0.107. The number of hydrogen-bond donors (Lipinski definition) is 2. The molecule has 0 fully saturated rings. The molecule has 0 bridgehead atoms. The zero-order valence-electron chi connectivity index (χ0n) is 13.2. The van der Waals surface area contributed by atoms with Gasteiger partial charge in [-0.15, -0.1) is 12.4 Å². The van der Waals surface area contributed by atoms with Crippen molar-refractivity contribution in [1.82, 2.24) is 4.57 Å². The van der Waals surface area contributed by atoms with Crippen LogP contribution in [0.1, 0.15) is 11.1 Å². The van der Waals surface area contributed by atoms with Gasteiger partial charge in [0.15, 0.2) is 5.96 Å². The minimum atomic E-state index is -0.218. The highest BCUT2D eigenvalue weighted by atomic mass is 35.5. The quantitative estimate of drug-likeness (QED) is 0.550. The number of fused-ring (bicyclic) bond motifs is 1. The molecule has 0 aliphatic rings. The van der Waals surface area contributed by atoms with Gasteiger partial charge in [-0.25, -0.2) is 4.39 Å². The van der Waals surface area contributed by atoms with E-state index in [0.29, 0.717) is 13.1 Å². The zero-order valence-corrected chi connectivity index (χ0v) is 14.0. The van der Waals surface area contributed by atoms with E-state index in [9.17, 15) is 4.39 Å². The van der Waals surface area contributed by atoms with Crippen molar-refractivity contribution in [3.63, 3.8) is 0 Å². The number of aromatic nitrogens is 1. The molecule has 0 unspecified atom stereocenters. The fourth-order valence-corrected chi connectivity index (χ4v) is 2.74. The summed E-state index contributed by atoms with van der Waals surface area (Å²) >= 11 is 0. The van der Waals surface area contributed by atoms with Gasteiger partial charge in [-0.1, -0.05) is 30.3 Å². The van der Waals surface area contributed by atoms with Gasteiger partial charge in [-0.2, -0.15) is 0 Å². The van der Waals surface area contributed by atoms with Crippen LogP contribution in [0.4, 0.5) is 4.39 Å². The third-order valence-corrected chi connectivity index (χ3v) is 3.81. The number of halogens is 2. The Labute approximate surface area is 146 Å². The van der Waals surface area contributed by atoms with E-state index in [2.05, 4.69) is 27.9 Å². The Morgan fingerprint density at radius 2 is 1.75 bits per heavy atom. The van der Waals surface area contributed by atoms with E-state index < -0.39 is 0 Å². The van der Waals surface area contributed by atoms with Gasteiger partial charge in [-0.05, 0) is 35.7 Å². The van der Waals surface area contributed by atoms with Gasteiger partial charge in [0.1, 0.15) is 5.82 Å². The molecule has 0 aliphatic carbocycles. The molecule has 1 heterocycles. The maximum absolute atomic E-state index is 13.0. The third-order valence-electron chi connectivity index (χ3n) is 3.81. The molecule has 3 aromatic rings. The first kappa shape index (κ1) is 17.8. The third kappa shape index (κ3) is 4.06. The van der Waals surface area contributed by atoms with Crippen LogP contribution in [0.15, 0.2) is 59.7 Å². The number of rotatable bonds is 5. The van der Waals surface area contributed by atoms with Crippen molar-refractivity contribution in [2.75, 3.05) is 6.54 Å².